The summed E-state index contributed by atoms with van der Waals surface area (Å²) in [4.78, 5) is 26.6. The number of anilines is 1. The lowest BCUT2D eigenvalue weighted by atomic mass is 10.1. The van der Waals surface area contributed by atoms with Crippen LogP contribution in [0.2, 0.25) is 0 Å². The van der Waals surface area contributed by atoms with E-state index in [0.29, 0.717) is 18.0 Å². The molecule has 7 heteroatoms. The van der Waals surface area contributed by atoms with E-state index in [-0.39, 0.29) is 43.1 Å². The molecule has 2 amide bonds. The van der Waals surface area contributed by atoms with E-state index in [0.717, 1.165) is 25.1 Å². The predicted octanol–water partition coefficient (Wildman–Crippen LogP) is 1.45. The van der Waals surface area contributed by atoms with Crippen molar-refractivity contribution >= 4 is 17.5 Å². The molecule has 0 unspecified atom stereocenters. The minimum atomic E-state index is -0.346. The summed E-state index contributed by atoms with van der Waals surface area (Å²) in [5.41, 5.74) is 0.733. The molecule has 0 radical (unpaired) electrons. The van der Waals surface area contributed by atoms with Gasteiger partial charge in [0.05, 0.1) is 18.1 Å². The monoisotopic (exact) mass is 346 g/mol. The van der Waals surface area contributed by atoms with Crippen molar-refractivity contribution in [2.75, 3.05) is 24.8 Å². The van der Waals surface area contributed by atoms with Crippen LogP contribution in [0.25, 0.3) is 0 Å². The zero-order valence-corrected chi connectivity index (χ0v) is 14.2. The number of ether oxygens (including phenoxy) is 3. The van der Waals surface area contributed by atoms with Gasteiger partial charge >= 0.3 is 0 Å². The van der Waals surface area contributed by atoms with Crippen LogP contribution in [0.4, 0.5) is 5.69 Å². The van der Waals surface area contributed by atoms with Crippen LogP contribution in [0.3, 0.4) is 0 Å². The Kier molecular flexibility index (Phi) is 4.25. The highest BCUT2D eigenvalue weighted by Gasteiger charge is 2.37. The molecule has 25 heavy (non-hydrogen) atoms. The lowest BCUT2D eigenvalue weighted by Crippen LogP contribution is -2.44. The van der Waals surface area contributed by atoms with Gasteiger partial charge in [-0.05, 0) is 31.9 Å². The maximum atomic E-state index is 12.5. The second-order valence-electron chi connectivity index (χ2n) is 6.79. The number of carbonyl (C=O) groups is 2. The van der Waals surface area contributed by atoms with Crippen molar-refractivity contribution in [1.82, 2.24) is 5.32 Å². The van der Waals surface area contributed by atoms with Gasteiger partial charge in [0, 0.05) is 31.3 Å². The van der Waals surface area contributed by atoms with Crippen LogP contribution in [0.1, 0.15) is 26.2 Å². The van der Waals surface area contributed by atoms with E-state index in [2.05, 4.69) is 5.32 Å². The van der Waals surface area contributed by atoms with Gasteiger partial charge in [-0.2, -0.15) is 0 Å². The normalized spacial score (nSPS) is 26.1. The lowest BCUT2D eigenvalue weighted by molar-refractivity contribution is -0.127. The SMILES string of the molecule is C[C@H](NC(=O)[C@H]1CC(=O)N(c2ccc3c(c2)OCO3)C1)[C@H]1CCCO1. The first kappa shape index (κ1) is 16.2. The van der Waals surface area contributed by atoms with Gasteiger partial charge in [-0.15, -0.1) is 0 Å². The zero-order valence-electron chi connectivity index (χ0n) is 14.2. The smallest absolute Gasteiger partial charge is 0.231 e. The van der Waals surface area contributed by atoms with Crippen molar-refractivity contribution in [2.45, 2.75) is 38.3 Å². The predicted molar refractivity (Wildman–Crippen MR) is 89.6 cm³/mol. The molecule has 1 N–H and O–H groups in total. The van der Waals surface area contributed by atoms with Crippen molar-refractivity contribution in [2.24, 2.45) is 5.92 Å². The van der Waals surface area contributed by atoms with E-state index in [1.165, 1.54) is 0 Å². The molecule has 1 aromatic carbocycles. The second-order valence-corrected chi connectivity index (χ2v) is 6.79. The summed E-state index contributed by atoms with van der Waals surface area (Å²) in [5.74, 6) is 0.824. The lowest BCUT2D eigenvalue weighted by Gasteiger charge is -2.22. The molecule has 134 valence electrons. The Morgan fingerprint density at radius 3 is 2.96 bits per heavy atom. The van der Waals surface area contributed by atoms with Crippen LogP contribution in [-0.2, 0) is 14.3 Å². The highest BCUT2D eigenvalue weighted by atomic mass is 16.7. The number of nitrogens with zero attached hydrogens (tertiary/aromatic N) is 1. The number of carbonyl (C=O) groups excluding carboxylic acids is 2. The number of rotatable bonds is 4. The summed E-state index contributed by atoms with van der Waals surface area (Å²) in [7, 11) is 0. The third-order valence-electron chi connectivity index (χ3n) is 5.06. The van der Waals surface area contributed by atoms with Gasteiger partial charge in [0.25, 0.3) is 0 Å². The van der Waals surface area contributed by atoms with Crippen molar-refractivity contribution in [3.63, 3.8) is 0 Å². The minimum Gasteiger partial charge on any atom is -0.454 e. The molecule has 1 aromatic rings. The van der Waals surface area contributed by atoms with Gasteiger partial charge < -0.3 is 24.4 Å². The number of hydrogen-bond donors (Lipinski definition) is 1. The highest BCUT2D eigenvalue weighted by molar-refractivity contribution is 6.00. The van der Waals surface area contributed by atoms with Crippen molar-refractivity contribution in [1.29, 1.82) is 0 Å². The Morgan fingerprint density at radius 2 is 2.16 bits per heavy atom. The van der Waals surface area contributed by atoms with Crippen LogP contribution in [0.5, 0.6) is 11.5 Å². The molecule has 0 saturated carbocycles. The average Bonchev–Trinajstić information content (AvgIpc) is 3.34. The van der Waals surface area contributed by atoms with E-state index in [1.54, 1.807) is 17.0 Å². The topological polar surface area (TPSA) is 77.1 Å². The second kappa shape index (κ2) is 6.55. The quantitative estimate of drug-likeness (QED) is 0.893. The summed E-state index contributed by atoms with van der Waals surface area (Å²) in [5, 5.41) is 3.01. The van der Waals surface area contributed by atoms with Gasteiger partial charge in [0.1, 0.15) is 0 Å². The summed E-state index contributed by atoms with van der Waals surface area (Å²) >= 11 is 0. The van der Waals surface area contributed by atoms with E-state index in [9.17, 15) is 9.59 Å². The summed E-state index contributed by atoms with van der Waals surface area (Å²) in [6.45, 7) is 3.28. The fourth-order valence-corrected chi connectivity index (χ4v) is 3.62. The van der Waals surface area contributed by atoms with Gasteiger partial charge in [-0.1, -0.05) is 0 Å². The molecule has 0 bridgehead atoms. The van der Waals surface area contributed by atoms with Crippen LogP contribution >= 0.6 is 0 Å². The van der Waals surface area contributed by atoms with E-state index in [4.69, 9.17) is 14.2 Å². The Hall–Kier alpha value is -2.28. The first-order chi connectivity index (χ1) is 12.1. The molecule has 3 aliphatic heterocycles. The summed E-state index contributed by atoms with van der Waals surface area (Å²) in [6, 6.07) is 5.36. The molecule has 2 fully saturated rings. The van der Waals surface area contributed by atoms with Crippen LogP contribution in [0.15, 0.2) is 18.2 Å². The number of fused-ring (bicyclic) bond motifs is 1. The van der Waals surface area contributed by atoms with E-state index >= 15 is 0 Å². The Labute approximate surface area is 146 Å². The minimum absolute atomic E-state index is 0.0373. The van der Waals surface area contributed by atoms with E-state index in [1.807, 2.05) is 13.0 Å². The van der Waals surface area contributed by atoms with Gasteiger partial charge in [0.15, 0.2) is 11.5 Å². The Bertz CT molecular complexity index is 686. The largest absolute Gasteiger partial charge is 0.454 e. The Morgan fingerprint density at radius 1 is 1.32 bits per heavy atom. The maximum Gasteiger partial charge on any atom is 0.231 e. The highest BCUT2D eigenvalue weighted by Crippen LogP contribution is 2.37. The maximum absolute atomic E-state index is 12.5. The molecule has 3 atom stereocenters. The molecule has 0 aliphatic carbocycles. The molecule has 3 aliphatic rings. The molecule has 4 rings (SSSR count). The Balaban J connectivity index is 1.40. The van der Waals surface area contributed by atoms with Crippen LogP contribution < -0.4 is 19.7 Å². The van der Waals surface area contributed by atoms with Crippen LogP contribution in [-0.4, -0.2) is 43.9 Å². The molecular weight excluding hydrogens is 324 g/mol. The molecule has 2 saturated heterocycles. The third kappa shape index (κ3) is 3.16. The number of nitrogens with one attached hydrogen (secondary N) is 1. The summed E-state index contributed by atoms with van der Waals surface area (Å²) < 4.78 is 16.3. The zero-order chi connectivity index (χ0) is 17.4. The fourth-order valence-electron chi connectivity index (χ4n) is 3.62. The van der Waals surface area contributed by atoms with E-state index < -0.39 is 0 Å². The molecule has 7 nitrogen and oxygen atoms in total. The van der Waals surface area contributed by atoms with Gasteiger partial charge in [-0.3, -0.25) is 9.59 Å². The fraction of sp³-hybridized carbons (Fsp3) is 0.556. The first-order valence-electron chi connectivity index (χ1n) is 8.74. The molecule has 3 heterocycles. The van der Waals surface area contributed by atoms with Gasteiger partial charge in [0.2, 0.25) is 18.6 Å². The van der Waals surface area contributed by atoms with Crippen LogP contribution in [0, 0.1) is 5.92 Å². The number of hydrogen-bond acceptors (Lipinski definition) is 5. The molecule has 0 spiro atoms. The van der Waals surface area contributed by atoms with Gasteiger partial charge in [-0.25, -0.2) is 0 Å². The number of amides is 2. The molecular formula is C18H22N2O5. The van der Waals surface area contributed by atoms with Crippen molar-refractivity contribution in [3.8, 4) is 11.5 Å². The summed E-state index contributed by atoms with van der Waals surface area (Å²) in [6.07, 6.45) is 2.29. The number of benzene rings is 1. The first-order valence-corrected chi connectivity index (χ1v) is 8.74. The third-order valence-corrected chi connectivity index (χ3v) is 5.06. The molecule has 0 aromatic heterocycles. The van der Waals surface area contributed by atoms with Crippen molar-refractivity contribution in [3.05, 3.63) is 18.2 Å². The van der Waals surface area contributed by atoms with Crippen molar-refractivity contribution < 1.29 is 23.8 Å². The average molecular weight is 346 g/mol. The standard InChI is InChI=1S/C18H22N2O5/c1-11(14-3-2-6-23-14)19-18(22)12-7-17(21)20(9-12)13-4-5-15-16(8-13)25-10-24-15/h4-5,8,11-12,14H,2-3,6-7,9-10H2,1H3,(H,19,22)/t11-,12-,14+/m0/s1.